The van der Waals surface area contributed by atoms with Gasteiger partial charge in [0.05, 0.1) is 13.2 Å². The number of piperidine rings is 1. The minimum atomic E-state index is -0.606. The summed E-state index contributed by atoms with van der Waals surface area (Å²) >= 11 is 1.65. The van der Waals surface area contributed by atoms with Crippen LogP contribution in [0.3, 0.4) is 0 Å². The Labute approximate surface area is 117 Å². The van der Waals surface area contributed by atoms with E-state index >= 15 is 0 Å². The van der Waals surface area contributed by atoms with Crippen molar-refractivity contribution in [2.75, 3.05) is 32.8 Å². The monoisotopic (exact) mass is 283 g/mol. The average molecular weight is 283 g/mol. The highest BCUT2D eigenvalue weighted by Gasteiger charge is 2.34. The lowest BCUT2D eigenvalue weighted by Crippen LogP contribution is -2.43. The molecule has 106 valence electrons. The molecule has 0 spiro atoms. The molecule has 4 nitrogen and oxygen atoms in total. The molecule has 0 aromatic carbocycles. The van der Waals surface area contributed by atoms with E-state index in [-0.39, 0.29) is 6.29 Å². The summed E-state index contributed by atoms with van der Waals surface area (Å²) < 4.78 is 10.9. The predicted octanol–water partition coefficient (Wildman–Crippen LogP) is 1.79. The number of nitrogens with zero attached hydrogens (tertiary/aromatic N) is 1. The first kappa shape index (κ1) is 13.5. The van der Waals surface area contributed by atoms with Crippen LogP contribution in [0.2, 0.25) is 0 Å². The second-order valence-corrected chi connectivity index (χ2v) is 6.26. The molecular weight excluding hydrogens is 262 g/mol. The zero-order valence-electron chi connectivity index (χ0n) is 11.1. The quantitative estimate of drug-likeness (QED) is 0.915. The Morgan fingerprint density at radius 2 is 2.05 bits per heavy atom. The molecule has 3 rings (SSSR count). The molecule has 0 atom stereocenters. The Balaban J connectivity index is 1.46. The minimum absolute atomic E-state index is 0.0156. The molecule has 0 saturated carbocycles. The first-order chi connectivity index (χ1) is 9.26. The molecule has 2 aliphatic rings. The summed E-state index contributed by atoms with van der Waals surface area (Å²) in [4.78, 5) is 3.50. The number of likely N-dealkylation sites (tertiary alicyclic amines) is 1. The van der Waals surface area contributed by atoms with Crippen LogP contribution in [-0.4, -0.2) is 49.1 Å². The van der Waals surface area contributed by atoms with Crippen molar-refractivity contribution in [3.05, 3.63) is 22.4 Å². The summed E-state index contributed by atoms with van der Waals surface area (Å²) in [6.07, 6.45) is 2.55. The van der Waals surface area contributed by atoms with Gasteiger partial charge in [-0.05, 0) is 24.3 Å². The number of thiophene rings is 1. The van der Waals surface area contributed by atoms with Crippen LogP contribution in [0.1, 0.15) is 24.1 Å². The number of hydrogen-bond donors (Lipinski definition) is 1. The fourth-order valence-corrected chi connectivity index (χ4v) is 3.68. The molecule has 2 saturated heterocycles. The molecule has 2 fully saturated rings. The molecular formula is C14H21NO3S. The Morgan fingerprint density at radius 3 is 2.68 bits per heavy atom. The zero-order valence-corrected chi connectivity index (χ0v) is 11.9. The number of rotatable bonds is 4. The smallest absolute Gasteiger partial charge is 0.159 e. The fourth-order valence-electron chi connectivity index (χ4n) is 2.80. The van der Waals surface area contributed by atoms with Crippen molar-refractivity contribution in [3.8, 4) is 0 Å². The molecule has 0 amide bonds. The summed E-state index contributed by atoms with van der Waals surface area (Å²) in [6, 6.07) is 4.06. The van der Waals surface area contributed by atoms with Crippen molar-refractivity contribution in [2.24, 2.45) is 0 Å². The molecule has 0 unspecified atom stereocenters. The maximum absolute atomic E-state index is 10.7. The van der Waals surface area contributed by atoms with Gasteiger partial charge in [-0.2, -0.15) is 0 Å². The molecule has 5 heteroatoms. The van der Waals surface area contributed by atoms with Gasteiger partial charge in [-0.3, -0.25) is 0 Å². The second-order valence-electron chi connectivity index (χ2n) is 5.31. The average Bonchev–Trinajstić information content (AvgIpc) is 3.12. The highest BCUT2D eigenvalue weighted by atomic mass is 32.1. The summed E-state index contributed by atoms with van der Waals surface area (Å²) in [5.74, 6) is 0. The molecule has 3 heterocycles. The van der Waals surface area contributed by atoms with Gasteiger partial charge >= 0.3 is 0 Å². The number of aliphatic hydroxyl groups is 1. The van der Waals surface area contributed by atoms with E-state index in [4.69, 9.17) is 9.47 Å². The summed E-state index contributed by atoms with van der Waals surface area (Å²) in [7, 11) is 0. The molecule has 0 radical (unpaired) electrons. The Hall–Kier alpha value is -0.460. The molecule has 0 aliphatic carbocycles. The third kappa shape index (κ3) is 3.17. The molecule has 1 N–H and O–H groups in total. The Kier molecular flexibility index (Phi) is 4.19. The van der Waals surface area contributed by atoms with E-state index in [0.717, 1.165) is 57.0 Å². The van der Waals surface area contributed by atoms with Crippen LogP contribution in [0.15, 0.2) is 17.5 Å². The Morgan fingerprint density at radius 1 is 1.32 bits per heavy atom. The van der Waals surface area contributed by atoms with E-state index in [2.05, 4.69) is 4.90 Å². The third-order valence-corrected chi connectivity index (χ3v) is 5.10. The van der Waals surface area contributed by atoms with Gasteiger partial charge in [-0.25, -0.2) is 0 Å². The summed E-state index contributed by atoms with van der Waals surface area (Å²) in [6.45, 7) is 4.33. The van der Waals surface area contributed by atoms with E-state index in [0.29, 0.717) is 0 Å². The lowest BCUT2D eigenvalue weighted by atomic mass is 9.90. The largest absolute Gasteiger partial charge is 0.384 e. The van der Waals surface area contributed by atoms with E-state index in [1.54, 1.807) is 11.3 Å². The third-order valence-electron chi connectivity index (χ3n) is 4.03. The molecule has 0 bridgehead atoms. The van der Waals surface area contributed by atoms with E-state index in [1.807, 2.05) is 17.5 Å². The molecule has 1 aromatic rings. The first-order valence-electron chi connectivity index (χ1n) is 6.98. The second kappa shape index (κ2) is 5.89. The van der Waals surface area contributed by atoms with E-state index in [9.17, 15) is 5.11 Å². The van der Waals surface area contributed by atoms with Crippen LogP contribution in [0, 0.1) is 0 Å². The number of ether oxygens (including phenoxy) is 2. The standard InChI is InChI=1S/C14H21NO3S/c16-14(12-2-1-11-19-12)4-7-15(8-5-14)6-3-13-17-9-10-18-13/h1-2,11,13,16H,3-10H2. The fraction of sp³-hybridized carbons (Fsp3) is 0.714. The minimum Gasteiger partial charge on any atom is -0.384 e. The van der Waals surface area contributed by atoms with E-state index < -0.39 is 5.60 Å². The SMILES string of the molecule is OC1(c2cccs2)CCN(CCC2OCCO2)CC1. The van der Waals surface area contributed by atoms with Crippen molar-refractivity contribution >= 4 is 11.3 Å². The van der Waals surface area contributed by atoms with Gasteiger partial charge in [0, 0.05) is 30.9 Å². The lowest BCUT2D eigenvalue weighted by molar-refractivity contribution is -0.0610. The van der Waals surface area contributed by atoms with Crippen LogP contribution in [0.4, 0.5) is 0 Å². The molecule has 19 heavy (non-hydrogen) atoms. The van der Waals surface area contributed by atoms with Crippen LogP contribution in [0.5, 0.6) is 0 Å². The van der Waals surface area contributed by atoms with Gasteiger partial charge in [0.2, 0.25) is 0 Å². The summed E-state index contributed by atoms with van der Waals surface area (Å²) in [5, 5.41) is 12.7. The first-order valence-corrected chi connectivity index (χ1v) is 7.86. The van der Waals surface area contributed by atoms with Crippen LogP contribution < -0.4 is 0 Å². The van der Waals surface area contributed by atoms with Crippen LogP contribution in [0.25, 0.3) is 0 Å². The van der Waals surface area contributed by atoms with Crippen molar-refractivity contribution in [2.45, 2.75) is 31.2 Å². The van der Waals surface area contributed by atoms with Gasteiger partial charge in [-0.1, -0.05) is 6.07 Å². The highest BCUT2D eigenvalue weighted by molar-refractivity contribution is 7.10. The van der Waals surface area contributed by atoms with Crippen LogP contribution in [-0.2, 0) is 15.1 Å². The van der Waals surface area contributed by atoms with Crippen molar-refractivity contribution in [1.29, 1.82) is 0 Å². The van der Waals surface area contributed by atoms with Crippen molar-refractivity contribution < 1.29 is 14.6 Å². The summed E-state index contributed by atoms with van der Waals surface area (Å²) in [5.41, 5.74) is -0.606. The van der Waals surface area contributed by atoms with Gasteiger partial charge in [0.25, 0.3) is 0 Å². The van der Waals surface area contributed by atoms with Crippen molar-refractivity contribution in [3.63, 3.8) is 0 Å². The maximum Gasteiger partial charge on any atom is 0.159 e. The van der Waals surface area contributed by atoms with Gasteiger partial charge in [-0.15, -0.1) is 11.3 Å². The van der Waals surface area contributed by atoms with Gasteiger partial charge in [0.1, 0.15) is 5.60 Å². The molecule has 1 aromatic heterocycles. The number of hydrogen-bond acceptors (Lipinski definition) is 5. The predicted molar refractivity (Wildman–Crippen MR) is 74.2 cm³/mol. The van der Waals surface area contributed by atoms with Crippen LogP contribution >= 0.6 is 11.3 Å². The van der Waals surface area contributed by atoms with Gasteiger partial charge < -0.3 is 19.5 Å². The van der Waals surface area contributed by atoms with Crippen molar-refractivity contribution in [1.82, 2.24) is 4.90 Å². The zero-order chi connectivity index (χ0) is 13.1. The topological polar surface area (TPSA) is 41.9 Å². The highest BCUT2D eigenvalue weighted by Crippen LogP contribution is 2.35. The normalized spacial score (nSPS) is 24.9. The van der Waals surface area contributed by atoms with E-state index in [1.165, 1.54) is 0 Å². The lowest BCUT2D eigenvalue weighted by Gasteiger charge is -2.37. The molecule has 2 aliphatic heterocycles. The maximum atomic E-state index is 10.7. The Bertz CT molecular complexity index is 381. The van der Waals surface area contributed by atoms with Gasteiger partial charge in [0.15, 0.2) is 6.29 Å².